The summed E-state index contributed by atoms with van der Waals surface area (Å²) in [4.78, 5) is 0. The number of hydrogen-bond donors (Lipinski definition) is 0. The van der Waals surface area contributed by atoms with Crippen LogP contribution in [0.5, 0.6) is 11.5 Å². The van der Waals surface area contributed by atoms with Gasteiger partial charge in [-0.3, -0.25) is 0 Å². The smallest absolute Gasteiger partial charge is 0.416 e. The van der Waals surface area contributed by atoms with Crippen LogP contribution in [0.15, 0.2) is 121 Å². The monoisotopic (exact) mass is 670 g/mol. The highest BCUT2D eigenvalue weighted by Crippen LogP contribution is 2.45. The first-order valence-corrected chi connectivity index (χ1v) is 17.3. The van der Waals surface area contributed by atoms with E-state index in [1.807, 2.05) is 72.8 Å². The molecule has 0 atom stereocenters. The number of ether oxygens (including phenoxy) is 2. The first kappa shape index (κ1) is 33.5. The Morgan fingerprint density at radius 3 is 1.17 bits per heavy atom. The molecule has 10 heteroatoms. The summed E-state index contributed by atoms with van der Waals surface area (Å²) in [5.41, 5.74) is 0.185. The molecule has 0 N–H and O–H groups in total. The summed E-state index contributed by atoms with van der Waals surface area (Å²) in [7, 11) is 0.607. The number of benzene rings is 5. The first-order valence-electron chi connectivity index (χ1n) is 14.2. The molecular weight excluding hydrogens is 640 g/mol. The van der Waals surface area contributed by atoms with Gasteiger partial charge in [0.15, 0.2) is 0 Å². The molecule has 2 nitrogen and oxygen atoms in total. The van der Waals surface area contributed by atoms with Gasteiger partial charge in [0.25, 0.3) is 0 Å². The molecule has 0 unspecified atom stereocenters. The Hall–Kier alpha value is -3.86. The highest BCUT2D eigenvalue weighted by molar-refractivity contribution is 7.72. The van der Waals surface area contributed by atoms with Gasteiger partial charge in [-0.25, -0.2) is 0 Å². The number of rotatable bonds is 10. The van der Waals surface area contributed by atoms with Gasteiger partial charge in [0, 0.05) is 12.3 Å². The van der Waals surface area contributed by atoms with E-state index in [2.05, 4.69) is 0 Å². The zero-order valence-corrected chi connectivity index (χ0v) is 26.7. The van der Waals surface area contributed by atoms with Crippen molar-refractivity contribution in [3.8, 4) is 11.5 Å². The Morgan fingerprint density at radius 2 is 0.826 bits per heavy atom. The van der Waals surface area contributed by atoms with Crippen molar-refractivity contribution >= 4 is 37.1 Å². The SMILES string of the molecule is COc1ccc(P(Cc2ccccc2CP(c2cccc(C(F)(F)F)c2)c2cccc(C(F)(F)F)c2)c2ccc(OC)cc2)cc1. The topological polar surface area (TPSA) is 18.5 Å². The molecule has 46 heavy (non-hydrogen) atoms. The summed E-state index contributed by atoms with van der Waals surface area (Å²) in [5, 5.41) is 2.89. The molecule has 0 aromatic heterocycles. The van der Waals surface area contributed by atoms with Gasteiger partial charge in [0.05, 0.1) is 25.3 Å². The van der Waals surface area contributed by atoms with Gasteiger partial charge in [-0.05, 0) is 96.7 Å². The number of halogens is 6. The van der Waals surface area contributed by atoms with Crippen molar-refractivity contribution < 1.29 is 35.8 Å². The molecule has 0 fully saturated rings. The molecule has 5 aromatic carbocycles. The van der Waals surface area contributed by atoms with Crippen LogP contribution < -0.4 is 30.7 Å². The summed E-state index contributed by atoms with van der Waals surface area (Å²) in [6, 6.07) is 33.3. The first-order chi connectivity index (χ1) is 22.0. The Balaban J connectivity index is 1.58. The van der Waals surface area contributed by atoms with Crippen LogP contribution in [0.25, 0.3) is 0 Å². The predicted molar refractivity (Wildman–Crippen MR) is 175 cm³/mol. The molecule has 5 rings (SSSR count). The van der Waals surface area contributed by atoms with E-state index in [0.717, 1.165) is 57.5 Å². The van der Waals surface area contributed by atoms with E-state index in [9.17, 15) is 26.3 Å². The van der Waals surface area contributed by atoms with Gasteiger partial charge < -0.3 is 9.47 Å². The van der Waals surface area contributed by atoms with Crippen molar-refractivity contribution in [2.75, 3.05) is 14.2 Å². The largest absolute Gasteiger partial charge is 0.497 e. The molecule has 0 saturated heterocycles. The minimum absolute atomic E-state index is 0.266. The molecule has 0 heterocycles. The van der Waals surface area contributed by atoms with Gasteiger partial charge in [0.2, 0.25) is 0 Å². The number of methoxy groups -OCH3 is 2. The van der Waals surface area contributed by atoms with Gasteiger partial charge >= 0.3 is 12.4 Å². The van der Waals surface area contributed by atoms with E-state index < -0.39 is 39.3 Å². The van der Waals surface area contributed by atoms with Crippen molar-refractivity contribution in [2.45, 2.75) is 24.7 Å². The normalized spacial score (nSPS) is 12.0. The highest BCUT2D eigenvalue weighted by atomic mass is 31.1. The molecule has 0 bridgehead atoms. The van der Waals surface area contributed by atoms with Crippen LogP contribution >= 0.6 is 15.8 Å². The fraction of sp³-hybridized carbons (Fsp3) is 0.167. The molecule has 0 amide bonds. The molecule has 0 saturated carbocycles. The van der Waals surface area contributed by atoms with Gasteiger partial charge in [0.1, 0.15) is 11.5 Å². The fourth-order valence-corrected chi connectivity index (χ4v) is 9.86. The lowest BCUT2D eigenvalue weighted by atomic mass is 10.1. The lowest BCUT2D eigenvalue weighted by molar-refractivity contribution is -0.138. The van der Waals surface area contributed by atoms with Crippen LogP contribution in [0.3, 0.4) is 0 Å². The van der Waals surface area contributed by atoms with Crippen LogP contribution in [0.4, 0.5) is 26.3 Å². The summed E-state index contributed by atoms with van der Waals surface area (Å²) < 4.78 is 93.2. The summed E-state index contributed by atoms with van der Waals surface area (Å²) in [6.45, 7) is 0. The molecule has 238 valence electrons. The Labute approximate surface area is 266 Å². The number of hydrogen-bond acceptors (Lipinski definition) is 2. The Morgan fingerprint density at radius 1 is 0.457 bits per heavy atom. The predicted octanol–water partition coefficient (Wildman–Crippen LogP) is 9.01. The summed E-state index contributed by atoms with van der Waals surface area (Å²) in [5.74, 6) is 1.45. The Bertz CT molecular complexity index is 1650. The molecule has 5 aromatic rings. The summed E-state index contributed by atoms with van der Waals surface area (Å²) >= 11 is 0. The lowest BCUT2D eigenvalue weighted by Crippen LogP contribution is -2.19. The second-order valence-corrected chi connectivity index (χ2v) is 14.8. The molecule has 0 aliphatic heterocycles. The van der Waals surface area contributed by atoms with Crippen LogP contribution in [0.2, 0.25) is 0 Å². The summed E-state index contributed by atoms with van der Waals surface area (Å²) in [6.07, 6.45) is -8.30. The maximum Gasteiger partial charge on any atom is 0.416 e. The molecular formula is C36H30F6O2P2. The van der Waals surface area contributed by atoms with Gasteiger partial charge in [-0.1, -0.05) is 72.8 Å². The minimum Gasteiger partial charge on any atom is -0.497 e. The van der Waals surface area contributed by atoms with E-state index in [1.54, 1.807) is 26.4 Å². The van der Waals surface area contributed by atoms with Gasteiger partial charge in [-0.15, -0.1) is 0 Å². The van der Waals surface area contributed by atoms with E-state index in [4.69, 9.17) is 9.47 Å². The van der Waals surface area contributed by atoms with Crippen molar-refractivity contribution in [2.24, 2.45) is 0 Å². The minimum atomic E-state index is -4.59. The Kier molecular flexibility index (Phi) is 10.4. The third-order valence-corrected chi connectivity index (χ3v) is 12.5. The van der Waals surface area contributed by atoms with Crippen LogP contribution in [0, 0.1) is 0 Å². The fourth-order valence-electron chi connectivity index (χ4n) is 5.09. The average molecular weight is 671 g/mol. The highest BCUT2D eigenvalue weighted by Gasteiger charge is 2.33. The van der Waals surface area contributed by atoms with Crippen LogP contribution in [0.1, 0.15) is 22.3 Å². The van der Waals surface area contributed by atoms with Crippen molar-refractivity contribution in [1.29, 1.82) is 0 Å². The van der Waals surface area contributed by atoms with Crippen LogP contribution in [-0.2, 0) is 24.7 Å². The third-order valence-electron chi connectivity index (χ3n) is 7.51. The maximum absolute atomic E-state index is 13.8. The van der Waals surface area contributed by atoms with E-state index in [0.29, 0.717) is 16.8 Å². The van der Waals surface area contributed by atoms with Crippen molar-refractivity contribution in [1.82, 2.24) is 0 Å². The lowest BCUT2D eigenvalue weighted by Gasteiger charge is -2.24. The second kappa shape index (κ2) is 14.3. The molecule has 0 aliphatic carbocycles. The second-order valence-electron chi connectivity index (χ2n) is 10.4. The van der Waals surface area contributed by atoms with E-state index >= 15 is 0 Å². The van der Waals surface area contributed by atoms with Crippen LogP contribution in [-0.4, -0.2) is 14.2 Å². The van der Waals surface area contributed by atoms with Crippen molar-refractivity contribution in [3.63, 3.8) is 0 Å². The van der Waals surface area contributed by atoms with E-state index in [-0.39, 0.29) is 6.16 Å². The van der Waals surface area contributed by atoms with Crippen molar-refractivity contribution in [3.05, 3.63) is 144 Å². The average Bonchev–Trinajstić information content (AvgIpc) is 3.06. The number of alkyl halides is 6. The molecule has 0 aliphatic rings. The zero-order valence-electron chi connectivity index (χ0n) is 24.9. The molecule has 0 radical (unpaired) electrons. The molecule has 0 spiro atoms. The standard InChI is InChI=1S/C36H30F6O2P2/c1-43-29-13-17-31(18-14-29)45(32-19-15-30(44-2)16-20-32)23-25-7-3-4-8-26(25)24-46(33-11-5-9-27(21-33)35(37,38)39)34-12-6-10-28(22-34)36(40,41)42/h3-22H,23-24H2,1-2H3. The zero-order chi connectivity index (χ0) is 32.9. The van der Waals surface area contributed by atoms with Gasteiger partial charge in [-0.2, -0.15) is 26.3 Å². The van der Waals surface area contributed by atoms with E-state index in [1.165, 1.54) is 12.1 Å². The maximum atomic E-state index is 13.8. The third kappa shape index (κ3) is 8.10. The quantitative estimate of drug-likeness (QED) is 0.109.